The quantitative estimate of drug-likeness (QED) is 0.666. The van der Waals surface area contributed by atoms with E-state index in [1.54, 1.807) is 12.1 Å². The lowest BCUT2D eigenvalue weighted by Crippen LogP contribution is -2.41. The van der Waals surface area contributed by atoms with Crippen molar-refractivity contribution in [3.63, 3.8) is 0 Å². The van der Waals surface area contributed by atoms with E-state index in [9.17, 15) is 4.79 Å². The summed E-state index contributed by atoms with van der Waals surface area (Å²) in [6.07, 6.45) is 0.828. The van der Waals surface area contributed by atoms with Gasteiger partial charge in [0.05, 0.1) is 11.2 Å². The summed E-state index contributed by atoms with van der Waals surface area (Å²) in [7, 11) is 1.37. The second kappa shape index (κ2) is 4.65. The molecule has 5 heteroatoms. The highest BCUT2D eigenvalue weighted by Gasteiger charge is 2.52. The molecule has 0 aliphatic carbocycles. The highest BCUT2D eigenvalue weighted by atomic mass is 16.7. The molecule has 0 aromatic heterocycles. The van der Waals surface area contributed by atoms with E-state index in [1.807, 2.05) is 40.8 Å². The van der Waals surface area contributed by atoms with E-state index in [0.29, 0.717) is 5.56 Å². The van der Waals surface area contributed by atoms with Crippen LogP contribution in [0.15, 0.2) is 18.2 Å². The fraction of sp³-hybridized carbons (Fsp3) is 0.500. The summed E-state index contributed by atoms with van der Waals surface area (Å²) in [5, 5.41) is 3.10. The average molecular weight is 261 g/mol. The Bertz CT molecular complexity index is 483. The predicted octanol–water partition coefficient (Wildman–Crippen LogP) is 1.84. The zero-order chi connectivity index (χ0) is 14.3. The van der Waals surface area contributed by atoms with Gasteiger partial charge in [-0.3, -0.25) is 4.79 Å². The van der Waals surface area contributed by atoms with E-state index < -0.39 is 7.12 Å². The van der Waals surface area contributed by atoms with Crippen molar-refractivity contribution in [2.24, 2.45) is 0 Å². The van der Waals surface area contributed by atoms with Crippen LogP contribution in [-0.4, -0.2) is 31.7 Å². The number of anilines is 1. The zero-order valence-corrected chi connectivity index (χ0v) is 12.1. The maximum absolute atomic E-state index is 10.9. The van der Waals surface area contributed by atoms with Gasteiger partial charge >= 0.3 is 7.12 Å². The lowest BCUT2D eigenvalue weighted by atomic mass is 9.77. The van der Waals surface area contributed by atoms with Crippen LogP contribution in [-0.2, 0) is 9.31 Å². The first-order valence-corrected chi connectivity index (χ1v) is 6.43. The molecule has 1 saturated heterocycles. The lowest BCUT2D eigenvalue weighted by Gasteiger charge is -2.32. The Hall–Kier alpha value is -1.33. The number of rotatable bonds is 3. The molecule has 1 aliphatic heterocycles. The molecule has 0 amide bonds. The fourth-order valence-corrected chi connectivity index (χ4v) is 2.05. The van der Waals surface area contributed by atoms with E-state index in [4.69, 9.17) is 9.31 Å². The van der Waals surface area contributed by atoms with Gasteiger partial charge in [0.15, 0.2) is 0 Å². The number of carbonyl (C=O) groups is 1. The van der Waals surface area contributed by atoms with Crippen LogP contribution in [0.5, 0.6) is 0 Å². The molecule has 0 bridgehead atoms. The largest absolute Gasteiger partial charge is 0.496 e. The van der Waals surface area contributed by atoms with Crippen LogP contribution in [0.2, 0.25) is 0 Å². The third-order valence-corrected chi connectivity index (χ3v) is 3.99. The Kier molecular flexibility index (Phi) is 3.45. The van der Waals surface area contributed by atoms with E-state index in [0.717, 1.165) is 17.4 Å². The molecule has 102 valence electrons. The number of carbonyl (C=O) groups excluding carboxylic acids is 1. The van der Waals surface area contributed by atoms with Crippen molar-refractivity contribution in [3.8, 4) is 0 Å². The minimum absolute atomic E-state index is 0.389. The lowest BCUT2D eigenvalue weighted by molar-refractivity contribution is 0.00578. The number of hydrogen-bond acceptors (Lipinski definition) is 4. The molecule has 1 aromatic carbocycles. The van der Waals surface area contributed by atoms with Gasteiger partial charge in [-0.1, -0.05) is 0 Å². The predicted molar refractivity (Wildman–Crippen MR) is 77.1 cm³/mol. The van der Waals surface area contributed by atoms with E-state index in [-0.39, 0.29) is 11.2 Å². The van der Waals surface area contributed by atoms with E-state index in [2.05, 4.69) is 5.32 Å². The van der Waals surface area contributed by atoms with Crippen LogP contribution in [0.3, 0.4) is 0 Å². The molecule has 1 heterocycles. The third kappa shape index (κ3) is 2.40. The van der Waals surface area contributed by atoms with Gasteiger partial charge < -0.3 is 14.6 Å². The van der Waals surface area contributed by atoms with E-state index in [1.165, 1.54) is 0 Å². The molecular formula is C14H20BNO3. The molecular weight excluding hydrogens is 241 g/mol. The maximum Gasteiger partial charge on any atom is 0.496 e. The summed E-state index contributed by atoms with van der Waals surface area (Å²) in [6.45, 7) is 8.04. The number of hydrogen-bond donors (Lipinski definition) is 1. The van der Waals surface area contributed by atoms with Gasteiger partial charge in [-0.05, 0) is 45.9 Å². The second-order valence-corrected chi connectivity index (χ2v) is 5.80. The summed E-state index contributed by atoms with van der Waals surface area (Å²) in [6, 6.07) is 5.44. The van der Waals surface area contributed by atoms with Crippen molar-refractivity contribution in [1.29, 1.82) is 0 Å². The first-order chi connectivity index (χ1) is 8.80. The molecule has 0 unspecified atom stereocenters. The molecule has 4 nitrogen and oxygen atoms in total. The van der Waals surface area contributed by atoms with E-state index >= 15 is 0 Å². The normalized spacial score (nSPS) is 20.4. The van der Waals surface area contributed by atoms with Gasteiger partial charge in [0.25, 0.3) is 0 Å². The molecule has 19 heavy (non-hydrogen) atoms. The van der Waals surface area contributed by atoms with Crippen LogP contribution in [0.1, 0.15) is 38.1 Å². The van der Waals surface area contributed by atoms with Gasteiger partial charge in [-0.25, -0.2) is 0 Å². The summed E-state index contributed by atoms with van der Waals surface area (Å²) in [4.78, 5) is 10.9. The van der Waals surface area contributed by atoms with Crippen molar-refractivity contribution in [2.45, 2.75) is 38.9 Å². The Labute approximate surface area is 114 Å². The SMILES string of the molecule is CNc1ccc(C=O)cc1B1OC(C)(C)C(C)(C)O1. The van der Waals surface area contributed by atoms with Gasteiger partial charge in [-0.15, -0.1) is 0 Å². The smallest absolute Gasteiger partial charge is 0.399 e. The Balaban J connectivity index is 2.40. The van der Waals surface area contributed by atoms with Crippen molar-refractivity contribution < 1.29 is 14.1 Å². The van der Waals surface area contributed by atoms with Gasteiger partial charge in [0, 0.05) is 23.8 Å². The molecule has 1 N–H and O–H groups in total. The number of aldehydes is 1. The molecule has 0 saturated carbocycles. The first-order valence-electron chi connectivity index (χ1n) is 6.43. The highest BCUT2D eigenvalue weighted by molar-refractivity contribution is 6.64. The third-order valence-electron chi connectivity index (χ3n) is 3.99. The Morgan fingerprint density at radius 2 is 1.74 bits per heavy atom. The van der Waals surface area contributed by atoms with Crippen LogP contribution < -0.4 is 10.8 Å². The topological polar surface area (TPSA) is 47.6 Å². The fourth-order valence-electron chi connectivity index (χ4n) is 2.05. The summed E-state index contributed by atoms with van der Waals surface area (Å²) in [5.74, 6) is 0. The molecule has 1 aliphatic rings. The minimum Gasteiger partial charge on any atom is -0.399 e. The highest BCUT2D eigenvalue weighted by Crippen LogP contribution is 2.37. The van der Waals surface area contributed by atoms with Crippen LogP contribution >= 0.6 is 0 Å². The summed E-state index contributed by atoms with van der Waals surface area (Å²) >= 11 is 0. The molecule has 2 rings (SSSR count). The van der Waals surface area contributed by atoms with Crippen molar-refractivity contribution in [2.75, 3.05) is 12.4 Å². The van der Waals surface area contributed by atoms with Gasteiger partial charge in [0.2, 0.25) is 0 Å². The minimum atomic E-state index is -0.465. The molecule has 1 fully saturated rings. The zero-order valence-electron chi connectivity index (χ0n) is 12.1. The van der Waals surface area contributed by atoms with Crippen molar-refractivity contribution in [1.82, 2.24) is 0 Å². The maximum atomic E-state index is 10.9. The Morgan fingerprint density at radius 3 is 2.21 bits per heavy atom. The van der Waals surface area contributed by atoms with Crippen molar-refractivity contribution in [3.05, 3.63) is 23.8 Å². The van der Waals surface area contributed by atoms with Gasteiger partial charge in [0.1, 0.15) is 6.29 Å². The standard InChI is InChI=1S/C14H20BNO3/c1-13(2)14(3,4)19-15(18-13)11-8-10(9-17)6-7-12(11)16-5/h6-9,16H,1-5H3. The number of nitrogens with one attached hydrogen (secondary N) is 1. The molecule has 0 radical (unpaired) electrons. The second-order valence-electron chi connectivity index (χ2n) is 5.80. The molecule has 0 atom stereocenters. The van der Waals surface area contributed by atoms with Crippen molar-refractivity contribution >= 4 is 24.6 Å². The summed E-state index contributed by atoms with van der Waals surface area (Å²) < 4.78 is 12.0. The Morgan fingerprint density at radius 1 is 1.16 bits per heavy atom. The number of benzene rings is 1. The first kappa shape index (κ1) is 14.1. The average Bonchev–Trinajstić information content (AvgIpc) is 2.57. The summed E-state index contributed by atoms with van der Waals surface area (Å²) in [5.41, 5.74) is 1.60. The molecule has 0 spiro atoms. The van der Waals surface area contributed by atoms with Crippen LogP contribution in [0.4, 0.5) is 5.69 Å². The van der Waals surface area contributed by atoms with Gasteiger partial charge in [-0.2, -0.15) is 0 Å². The van der Waals surface area contributed by atoms with Crippen LogP contribution in [0, 0.1) is 0 Å². The van der Waals surface area contributed by atoms with Crippen LogP contribution in [0.25, 0.3) is 0 Å². The monoisotopic (exact) mass is 261 g/mol. The molecule has 1 aromatic rings.